The SMILES string of the molecule is COCC(C)Cc1nc(CC2CCCNC2)no1. The number of methoxy groups -OCH3 is 1. The molecule has 0 saturated carbocycles. The average molecular weight is 253 g/mol. The molecule has 2 unspecified atom stereocenters. The molecular weight excluding hydrogens is 230 g/mol. The van der Waals surface area contributed by atoms with Crippen molar-refractivity contribution in [2.45, 2.75) is 32.6 Å². The van der Waals surface area contributed by atoms with Gasteiger partial charge in [0.1, 0.15) is 0 Å². The summed E-state index contributed by atoms with van der Waals surface area (Å²) < 4.78 is 10.4. The summed E-state index contributed by atoms with van der Waals surface area (Å²) in [5, 5.41) is 7.48. The molecule has 18 heavy (non-hydrogen) atoms. The monoisotopic (exact) mass is 253 g/mol. The first kappa shape index (κ1) is 13.5. The van der Waals surface area contributed by atoms with E-state index in [1.54, 1.807) is 7.11 Å². The van der Waals surface area contributed by atoms with Gasteiger partial charge in [0.05, 0.1) is 0 Å². The minimum Gasteiger partial charge on any atom is -0.384 e. The normalized spacial score (nSPS) is 22.0. The van der Waals surface area contributed by atoms with E-state index in [4.69, 9.17) is 9.26 Å². The Morgan fingerprint density at radius 3 is 3.17 bits per heavy atom. The number of nitrogens with one attached hydrogen (secondary N) is 1. The second-order valence-corrected chi connectivity index (χ2v) is 5.29. The predicted octanol–water partition coefficient (Wildman–Crippen LogP) is 1.44. The van der Waals surface area contributed by atoms with Crippen LogP contribution in [0.4, 0.5) is 0 Å². The maximum Gasteiger partial charge on any atom is 0.226 e. The Hall–Kier alpha value is -0.940. The van der Waals surface area contributed by atoms with E-state index in [1.807, 2.05) is 0 Å². The predicted molar refractivity (Wildman–Crippen MR) is 68.3 cm³/mol. The fourth-order valence-corrected chi connectivity index (χ4v) is 2.45. The summed E-state index contributed by atoms with van der Waals surface area (Å²) in [6.07, 6.45) is 4.23. The van der Waals surface area contributed by atoms with Gasteiger partial charge in [-0.15, -0.1) is 0 Å². The molecule has 2 heterocycles. The van der Waals surface area contributed by atoms with Gasteiger partial charge in [-0.25, -0.2) is 0 Å². The van der Waals surface area contributed by atoms with Crippen LogP contribution in [0.2, 0.25) is 0 Å². The Labute approximate surface area is 108 Å². The Bertz CT molecular complexity index is 348. The van der Waals surface area contributed by atoms with Crippen LogP contribution in [0.15, 0.2) is 4.52 Å². The van der Waals surface area contributed by atoms with E-state index in [0.29, 0.717) is 11.8 Å². The van der Waals surface area contributed by atoms with E-state index in [-0.39, 0.29) is 0 Å². The van der Waals surface area contributed by atoms with E-state index >= 15 is 0 Å². The second kappa shape index (κ2) is 6.85. The molecule has 102 valence electrons. The summed E-state index contributed by atoms with van der Waals surface area (Å²) in [6.45, 7) is 5.06. The molecule has 1 aromatic rings. The highest BCUT2D eigenvalue weighted by molar-refractivity contribution is 4.90. The van der Waals surface area contributed by atoms with Crippen molar-refractivity contribution in [1.29, 1.82) is 0 Å². The molecule has 1 aliphatic heterocycles. The highest BCUT2D eigenvalue weighted by Gasteiger charge is 2.17. The first-order valence-corrected chi connectivity index (χ1v) is 6.79. The summed E-state index contributed by atoms with van der Waals surface area (Å²) in [7, 11) is 1.71. The number of hydrogen-bond acceptors (Lipinski definition) is 5. The molecule has 5 heteroatoms. The van der Waals surface area contributed by atoms with Crippen LogP contribution in [0.3, 0.4) is 0 Å². The molecule has 2 atom stereocenters. The number of rotatable bonds is 6. The largest absolute Gasteiger partial charge is 0.384 e. The fraction of sp³-hybridized carbons (Fsp3) is 0.846. The molecule has 0 spiro atoms. The van der Waals surface area contributed by atoms with Gasteiger partial charge in [0.2, 0.25) is 5.89 Å². The quantitative estimate of drug-likeness (QED) is 0.831. The van der Waals surface area contributed by atoms with Crippen molar-refractivity contribution in [3.63, 3.8) is 0 Å². The van der Waals surface area contributed by atoms with Gasteiger partial charge in [0, 0.05) is 26.6 Å². The maximum atomic E-state index is 5.29. The van der Waals surface area contributed by atoms with Crippen molar-refractivity contribution in [2.24, 2.45) is 11.8 Å². The number of aromatic nitrogens is 2. The van der Waals surface area contributed by atoms with Gasteiger partial charge in [0.15, 0.2) is 5.82 Å². The number of ether oxygens (including phenoxy) is 1. The number of nitrogens with zero attached hydrogens (tertiary/aromatic N) is 2. The van der Waals surface area contributed by atoms with Gasteiger partial charge >= 0.3 is 0 Å². The average Bonchev–Trinajstić information content (AvgIpc) is 2.78. The molecule has 1 aromatic heterocycles. The standard InChI is InChI=1S/C13H23N3O2/c1-10(9-17-2)6-13-15-12(16-18-13)7-11-4-3-5-14-8-11/h10-11,14H,3-9H2,1-2H3. The first-order chi connectivity index (χ1) is 8.78. The Morgan fingerprint density at radius 1 is 1.56 bits per heavy atom. The van der Waals surface area contributed by atoms with Crippen LogP contribution >= 0.6 is 0 Å². The molecule has 1 fully saturated rings. The molecule has 0 bridgehead atoms. The maximum absolute atomic E-state index is 5.29. The molecular formula is C13H23N3O2. The zero-order valence-electron chi connectivity index (χ0n) is 11.3. The third-order valence-corrected chi connectivity index (χ3v) is 3.35. The van der Waals surface area contributed by atoms with Crippen LogP contribution in [0.5, 0.6) is 0 Å². The van der Waals surface area contributed by atoms with Crippen molar-refractivity contribution >= 4 is 0 Å². The van der Waals surface area contributed by atoms with Crippen LogP contribution in [-0.4, -0.2) is 36.9 Å². The molecule has 1 saturated heterocycles. The zero-order valence-corrected chi connectivity index (χ0v) is 11.3. The fourth-order valence-electron chi connectivity index (χ4n) is 2.45. The minimum absolute atomic E-state index is 0.416. The zero-order chi connectivity index (χ0) is 12.8. The first-order valence-electron chi connectivity index (χ1n) is 6.79. The van der Waals surface area contributed by atoms with Crippen LogP contribution in [0.1, 0.15) is 31.5 Å². The van der Waals surface area contributed by atoms with Gasteiger partial charge in [0.25, 0.3) is 0 Å². The van der Waals surface area contributed by atoms with Crippen molar-refractivity contribution in [2.75, 3.05) is 26.8 Å². The lowest BCUT2D eigenvalue weighted by atomic mass is 9.96. The molecule has 5 nitrogen and oxygen atoms in total. The lowest BCUT2D eigenvalue weighted by molar-refractivity contribution is 0.155. The van der Waals surface area contributed by atoms with E-state index in [1.165, 1.54) is 12.8 Å². The topological polar surface area (TPSA) is 60.2 Å². The summed E-state index contributed by atoms with van der Waals surface area (Å²) in [4.78, 5) is 4.47. The lowest BCUT2D eigenvalue weighted by Crippen LogP contribution is -2.31. The molecule has 0 aliphatic carbocycles. The summed E-state index contributed by atoms with van der Waals surface area (Å²) in [5.41, 5.74) is 0. The third-order valence-electron chi connectivity index (χ3n) is 3.35. The third kappa shape index (κ3) is 4.07. The van der Waals surface area contributed by atoms with Gasteiger partial charge < -0.3 is 14.6 Å². The Balaban J connectivity index is 1.81. The van der Waals surface area contributed by atoms with Gasteiger partial charge in [-0.1, -0.05) is 12.1 Å². The Morgan fingerprint density at radius 2 is 2.44 bits per heavy atom. The highest BCUT2D eigenvalue weighted by Crippen LogP contribution is 2.15. The summed E-state index contributed by atoms with van der Waals surface area (Å²) >= 11 is 0. The van der Waals surface area contributed by atoms with Crippen molar-refractivity contribution in [3.05, 3.63) is 11.7 Å². The van der Waals surface area contributed by atoms with Crippen LogP contribution in [-0.2, 0) is 17.6 Å². The van der Waals surface area contributed by atoms with Gasteiger partial charge in [-0.3, -0.25) is 0 Å². The van der Waals surface area contributed by atoms with Crippen LogP contribution in [0.25, 0.3) is 0 Å². The van der Waals surface area contributed by atoms with E-state index in [9.17, 15) is 0 Å². The van der Waals surface area contributed by atoms with Crippen molar-refractivity contribution < 1.29 is 9.26 Å². The van der Waals surface area contributed by atoms with E-state index in [0.717, 1.165) is 44.3 Å². The van der Waals surface area contributed by atoms with Crippen LogP contribution < -0.4 is 5.32 Å². The van der Waals surface area contributed by atoms with E-state index < -0.39 is 0 Å². The number of piperidine rings is 1. The molecule has 0 radical (unpaired) electrons. The minimum atomic E-state index is 0.416. The van der Waals surface area contributed by atoms with Crippen LogP contribution in [0, 0.1) is 11.8 Å². The molecule has 2 rings (SSSR count). The summed E-state index contributed by atoms with van der Waals surface area (Å²) in [6, 6.07) is 0. The molecule has 0 amide bonds. The van der Waals surface area contributed by atoms with Crippen molar-refractivity contribution in [3.8, 4) is 0 Å². The van der Waals surface area contributed by atoms with Gasteiger partial charge in [-0.05, 0) is 37.8 Å². The highest BCUT2D eigenvalue weighted by atomic mass is 16.5. The van der Waals surface area contributed by atoms with Crippen molar-refractivity contribution in [1.82, 2.24) is 15.5 Å². The van der Waals surface area contributed by atoms with Gasteiger partial charge in [-0.2, -0.15) is 4.98 Å². The smallest absolute Gasteiger partial charge is 0.226 e. The molecule has 1 N–H and O–H groups in total. The number of hydrogen-bond donors (Lipinski definition) is 1. The molecule has 1 aliphatic rings. The molecule has 0 aromatic carbocycles. The second-order valence-electron chi connectivity index (χ2n) is 5.29. The Kier molecular flexibility index (Phi) is 5.13. The lowest BCUT2D eigenvalue weighted by Gasteiger charge is -2.20. The van der Waals surface area contributed by atoms with E-state index in [2.05, 4.69) is 22.4 Å². The summed E-state index contributed by atoms with van der Waals surface area (Å²) in [5.74, 6) is 2.65.